The first kappa shape index (κ1) is 16.3. The van der Waals surface area contributed by atoms with Crippen molar-refractivity contribution >= 4 is 11.8 Å². The quantitative estimate of drug-likeness (QED) is 0.407. The monoisotopic (exact) mass is 353 g/mol. The molecule has 0 amide bonds. The van der Waals surface area contributed by atoms with Crippen molar-refractivity contribution in [3.05, 3.63) is 65.3 Å². The first-order valence-corrected chi connectivity index (χ1v) is 7.73. The Bertz CT molecular complexity index is 834. The largest absolute Gasteiger partial charge is 0.618 e. The molecule has 3 rings (SSSR count). The van der Waals surface area contributed by atoms with Crippen molar-refractivity contribution in [3.63, 3.8) is 0 Å². The molecule has 0 aliphatic carbocycles. The van der Waals surface area contributed by atoms with Gasteiger partial charge in [0.1, 0.15) is 0 Å². The van der Waals surface area contributed by atoms with Crippen LogP contribution in [0.2, 0.25) is 0 Å². The minimum atomic E-state index is -4.39. The zero-order valence-electron chi connectivity index (χ0n) is 12.0. The van der Waals surface area contributed by atoms with E-state index in [4.69, 9.17) is 4.52 Å². The third kappa shape index (κ3) is 3.67. The van der Waals surface area contributed by atoms with Gasteiger partial charge in [-0.3, -0.25) is 0 Å². The second-order valence-electron chi connectivity index (χ2n) is 4.74. The Kier molecular flexibility index (Phi) is 4.43. The molecule has 2 aromatic heterocycles. The van der Waals surface area contributed by atoms with Gasteiger partial charge in [-0.2, -0.15) is 22.9 Å². The summed E-state index contributed by atoms with van der Waals surface area (Å²) in [6.07, 6.45) is -3.01. The van der Waals surface area contributed by atoms with E-state index in [1.54, 1.807) is 18.2 Å². The van der Waals surface area contributed by atoms with Crippen LogP contribution in [0.15, 0.2) is 58.2 Å². The first-order chi connectivity index (χ1) is 11.4. The zero-order chi connectivity index (χ0) is 17.2. The molecular weight excluding hydrogens is 343 g/mol. The van der Waals surface area contributed by atoms with Gasteiger partial charge in [-0.05, 0) is 30.0 Å². The molecule has 0 saturated heterocycles. The van der Waals surface area contributed by atoms with Crippen LogP contribution in [-0.4, -0.2) is 10.1 Å². The molecule has 0 N–H and O–H groups in total. The van der Waals surface area contributed by atoms with E-state index in [2.05, 4.69) is 10.1 Å². The van der Waals surface area contributed by atoms with Gasteiger partial charge in [0, 0.05) is 17.7 Å². The summed E-state index contributed by atoms with van der Waals surface area (Å²) < 4.78 is 43.4. The Labute approximate surface area is 138 Å². The number of aromatic nitrogens is 3. The summed E-state index contributed by atoms with van der Waals surface area (Å²) in [5, 5.41) is 15.7. The summed E-state index contributed by atoms with van der Waals surface area (Å²) in [6, 6.07) is 9.51. The van der Waals surface area contributed by atoms with Crippen molar-refractivity contribution in [2.45, 2.75) is 17.0 Å². The summed E-state index contributed by atoms with van der Waals surface area (Å²) in [5.74, 6) is 0.751. The molecule has 0 radical (unpaired) electrons. The molecule has 0 atom stereocenters. The van der Waals surface area contributed by atoms with Gasteiger partial charge >= 0.3 is 6.18 Å². The fraction of sp³-hybridized carbons (Fsp3) is 0.133. The van der Waals surface area contributed by atoms with Gasteiger partial charge in [-0.25, -0.2) is 0 Å². The molecule has 24 heavy (non-hydrogen) atoms. The van der Waals surface area contributed by atoms with E-state index in [1.165, 1.54) is 30.1 Å². The van der Waals surface area contributed by atoms with E-state index in [-0.39, 0.29) is 17.5 Å². The van der Waals surface area contributed by atoms with E-state index in [9.17, 15) is 18.4 Å². The lowest BCUT2D eigenvalue weighted by Gasteiger charge is -2.05. The highest BCUT2D eigenvalue weighted by Crippen LogP contribution is 2.30. The highest BCUT2D eigenvalue weighted by molar-refractivity contribution is 7.98. The molecule has 0 unspecified atom stereocenters. The Morgan fingerprint density at radius 1 is 1.12 bits per heavy atom. The first-order valence-electron chi connectivity index (χ1n) is 6.75. The lowest BCUT2D eigenvalue weighted by Crippen LogP contribution is -2.27. The van der Waals surface area contributed by atoms with Crippen molar-refractivity contribution < 1.29 is 22.4 Å². The van der Waals surface area contributed by atoms with Crippen molar-refractivity contribution in [1.82, 2.24) is 10.1 Å². The van der Waals surface area contributed by atoms with Crippen molar-refractivity contribution in [1.29, 1.82) is 0 Å². The van der Waals surface area contributed by atoms with E-state index in [0.29, 0.717) is 10.6 Å². The molecule has 0 spiro atoms. The summed E-state index contributed by atoms with van der Waals surface area (Å²) in [5.41, 5.74) is -0.323. The van der Waals surface area contributed by atoms with Crippen LogP contribution in [-0.2, 0) is 11.9 Å². The van der Waals surface area contributed by atoms with Crippen molar-refractivity contribution in [2.24, 2.45) is 0 Å². The molecule has 9 heteroatoms. The molecule has 0 fully saturated rings. The Morgan fingerprint density at radius 3 is 2.54 bits per heavy atom. The molecule has 0 aliphatic heterocycles. The van der Waals surface area contributed by atoms with Crippen LogP contribution >= 0.6 is 11.8 Å². The number of benzene rings is 1. The summed E-state index contributed by atoms with van der Waals surface area (Å²) >= 11 is 1.22. The molecule has 5 nitrogen and oxygen atoms in total. The second kappa shape index (κ2) is 6.52. The van der Waals surface area contributed by atoms with E-state index in [1.807, 2.05) is 0 Å². The summed E-state index contributed by atoms with van der Waals surface area (Å²) in [4.78, 5) is 4.13. The van der Waals surface area contributed by atoms with Crippen LogP contribution < -0.4 is 4.73 Å². The van der Waals surface area contributed by atoms with Crippen LogP contribution in [0.4, 0.5) is 13.2 Å². The summed E-state index contributed by atoms with van der Waals surface area (Å²) in [6.45, 7) is 0. The Hall–Kier alpha value is -2.55. The van der Waals surface area contributed by atoms with Gasteiger partial charge in [0.15, 0.2) is 6.20 Å². The van der Waals surface area contributed by atoms with Gasteiger partial charge in [-0.15, -0.1) is 0 Å². The lowest BCUT2D eigenvalue weighted by atomic mass is 10.1. The molecule has 124 valence electrons. The van der Waals surface area contributed by atoms with Gasteiger partial charge < -0.3 is 9.73 Å². The smallest absolute Gasteiger partial charge is 0.416 e. The van der Waals surface area contributed by atoms with Crippen molar-refractivity contribution in [2.75, 3.05) is 0 Å². The van der Waals surface area contributed by atoms with E-state index < -0.39 is 11.7 Å². The maximum absolute atomic E-state index is 12.5. The third-order valence-electron chi connectivity index (χ3n) is 3.07. The second-order valence-corrected chi connectivity index (χ2v) is 5.74. The number of halogens is 3. The van der Waals surface area contributed by atoms with E-state index >= 15 is 0 Å². The Morgan fingerprint density at radius 2 is 1.88 bits per heavy atom. The highest BCUT2D eigenvalue weighted by atomic mass is 32.2. The molecule has 1 aromatic carbocycles. The topological polar surface area (TPSA) is 65.9 Å². The fourth-order valence-electron chi connectivity index (χ4n) is 1.90. The highest BCUT2D eigenvalue weighted by Gasteiger charge is 2.30. The molecule has 2 heterocycles. The van der Waals surface area contributed by atoms with Crippen LogP contribution in [0.1, 0.15) is 11.5 Å². The number of hydrogen-bond acceptors (Lipinski definition) is 5. The molecule has 0 saturated carbocycles. The number of rotatable bonds is 4. The average molecular weight is 353 g/mol. The van der Waals surface area contributed by atoms with Crippen molar-refractivity contribution in [3.8, 4) is 11.4 Å². The number of pyridine rings is 1. The fourth-order valence-corrected chi connectivity index (χ4v) is 2.65. The maximum Gasteiger partial charge on any atom is 0.416 e. The zero-order valence-corrected chi connectivity index (χ0v) is 12.8. The van der Waals surface area contributed by atoms with E-state index in [0.717, 1.165) is 16.9 Å². The van der Waals surface area contributed by atoms with Gasteiger partial charge in [0.25, 0.3) is 5.03 Å². The molecule has 0 aliphatic rings. The van der Waals surface area contributed by atoms with Gasteiger partial charge in [0.2, 0.25) is 11.7 Å². The standard InChI is InChI=1S/C15H10F3N3O2S/c16-15(17,18)11-6-4-10(5-7-11)14-19-12(23-20-14)9-24-13-3-1-2-8-21(13)22/h1-8H,9H2. The predicted molar refractivity (Wildman–Crippen MR) is 79.7 cm³/mol. The number of alkyl halides is 3. The molecular formula is C15H10F3N3O2S. The van der Waals surface area contributed by atoms with Crippen LogP contribution in [0.25, 0.3) is 11.4 Å². The minimum absolute atomic E-state index is 0.197. The van der Waals surface area contributed by atoms with Crippen LogP contribution in [0.5, 0.6) is 0 Å². The minimum Gasteiger partial charge on any atom is -0.618 e. The predicted octanol–water partition coefficient (Wildman–Crippen LogP) is 3.68. The normalized spacial score (nSPS) is 11.6. The molecule has 3 aromatic rings. The number of thioether (sulfide) groups is 1. The number of hydrogen-bond donors (Lipinski definition) is 0. The average Bonchev–Trinajstić information content (AvgIpc) is 3.02. The number of nitrogens with zero attached hydrogens (tertiary/aromatic N) is 3. The van der Waals surface area contributed by atoms with Gasteiger partial charge in [0.05, 0.1) is 11.3 Å². The molecule has 0 bridgehead atoms. The third-order valence-corrected chi connectivity index (χ3v) is 4.07. The van der Waals surface area contributed by atoms with Crippen LogP contribution in [0.3, 0.4) is 0 Å². The SMILES string of the molecule is [O-][n+]1ccccc1SCc1nc(-c2ccc(C(F)(F)F)cc2)no1. The van der Waals surface area contributed by atoms with Gasteiger partial charge in [-0.1, -0.05) is 17.3 Å². The summed E-state index contributed by atoms with van der Waals surface area (Å²) in [7, 11) is 0. The lowest BCUT2D eigenvalue weighted by molar-refractivity contribution is -0.645. The Balaban J connectivity index is 1.70. The maximum atomic E-state index is 12.5. The van der Waals surface area contributed by atoms with Crippen LogP contribution in [0, 0.1) is 5.21 Å².